The number of carbonyl (C=O) groups excluding carboxylic acids is 1. The lowest BCUT2D eigenvalue weighted by Crippen LogP contribution is -2.35. The van der Waals surface area contributed by atoms with Gasteiger partial charge in [0.25, 0.3) is 0 Å². The van der Waals surface area contributed by atoms with Gasteiger partial charge in [0.05, 0.1) is 0 Å². The molecule has 0 aliphatic carbocycles. The van der Waals surface area contributed by atoms with Crippen molar-refractivity contribution in [1.29, 1.82) is 0 Å². The minimum atomic E-state index is -0.409. The van der Waals surface area contributed by atoms with Crippen molar-refractivity contribution in [3.05, 3.63) is 0 Å². The monoisotopic (exact) mass is 300 g/mol. The number of rotatable bonds is 7. The molecule has 0 bridgehead atoms. The molecule has 0 spiro atoms. The van der Waals surface area contributed by atoms with Gasteiger partial charge in [0, 0.05) is 32.8 Å². The topological polar surface area (TPSA) is 50.8 Å². The molecule has 2 atom stereocenters. The van der Waals surface area contributed by atoms with Gasteiger partial charge in [-0.1, -0.05) is 0 Å². The number of likely N-dealkylation sites (tertiary alicyclic amines) is 1. The molecule has 5 heteroatoms. The lowest BCUT2D eigenvalue weighted by Gasteiger charge is -2.24. The van der Waals surface area contributed by atoms with Crippen molar-refractivity contribution in [1.82, 2.24) is 10.2 Å². The molecule has 1 heterocycles. The van der Waals surface area contributed by atoms with Gasteiger partial charge in [-0.2, -0.15) is 0 Å². The Balaban J connectivity index is 2.18. The van der Waals surface area contributed by atoms with Crippen molar-refractivity contribution >= 4 is 6.09 Å². The second-order valence-corrected chi connectivity index (χ2v) is 7.01. The van der Waals surface area contributed by atoms with Crippen LogP contribution in [0.1, 0.15) is 47.0 Å². The number of methoxy groups -OCH3 is 1. The number of amides is 1. The second kappa shape index (κ2) is 8.59. The average molecular weight is 300 g/mol. The third-order valence-electron chi connectivity index (χ3n) is 3.74. The van der Waals surface area contributed by atoms with E-state index in [4.69, 9.17) is 9.47 Å². The number of nitrogens with zero attached hydrogens (tertiary/aromatic N) is 1. The van der Waals surface area contributed by atoms with Crippen molar-refractivity contribution < 1.29 is 14.3 Å². The second-order valence-electron chi connectivity index (χ2n) is 7.01. The number of ether oxygens (including phenoxy) is 2. The lowest BCUT2D eigenvalue weighted by molar-refractivity contribution is 0.0287. The predicted octanol–water partition coefficient (Wildman–Crippen LogP) is 2.65. The van der Waals surface area contributed by atoms with Crippen LogP contribution in [0, 0.1) is 5.92 Å². The molecule has 0 aromatic heterocycles. The maximum absolute atomic E-state index is 12.0. The lowest BCUT2D eigenvalue weighted by atomic mass is 10.0. The fraction of sp³-hybridized carbons (Fsp3) is 0.938. The summed E-state index contributed by atoms with van der Waals surface area (Å²) in [6, 6.07) is 0.480. The Morgan fingerprint density at radius 1 is 1.43 bits per heavy atom. The summed E-state index contributed by atoms with van der Waals surface area (Å²) in [7, 11) is 1.73. The normalized spacial score (nSPS) is 20.6. The molecule has 1 aliphatic heterocycles. The summed E-state index contributed by atoms with van der Waals surface area (Å²) in [5, 5.41) is 3.51. The third kappa shape index (κ3) is 7.67. The molecule has 1 fully saturated rings. The van der Waals surface area contributed by atoms with E-state index in [0.29, 0.717) is 12.0 Å². The van der Waals surface area contributed by atoms with E-state index in [1.54, 1.807) is 7.11 Å². The molecule has 0 aromatic carbocycles. The predicted molar refractivity (Wildman–Crippen MR) is 84.5 cm³/mol. The SMILES string of the molecule is COCCC(C)NCCC1CCN(C(=O)OC(C)(C)C)C1. The Kier molecular flexibility index (Phi) is 7.46. The summed E-state index contributed by atoms with van der Waals surface area (Å²) in [5.74, 6) is 0.583. The van der Waals surface area contributed by atoms with E-state index in [1.807, 2.05) is 25.7 Å². The minimum Gasteiger partial charge on any atom is -0.444 e. The fourth-order valence-corrected chi connectivity index (χ4v) is 2.49. The highest BCUT2D eigenvalue weighted by Crippen LogP contribution is 2.21. The van der Waals surface area contributed by atoms with E-state index >= 15 is 0 Å². The first kappa shape index (κ1) is 18.2. The van der Waals surface area contributed by atoms with Gasteiger partial charge >= 0.3 is 6.09 Å². The van der Waals surface area contributed by atoms with Crippen molar-refractivity contribution in [3.63, 3.8) is 0 Å². The van der Waals surface area contributed by atoms with Gasteiger partial charge in [0.15, 0.2) is 0 Å². The molecular formula is C16H32N2O3. The van der Waals surface area contributed by atoms with E-state index in [-0.39, 0.29) is 6.09 Å². The molecule has 124 valence electrons. The van der Waals surface area contributed by atoms with Crippen LogP contribution in [0.15, 0.2) is 0 Å². The number of nitrogens with one attached hydrogen (secondary N) is 1. The van der Waals surface area contributed by atoms with E-state index in [1.165, 1.54) is 0 Å². The Morgan fingerprint density at radius 3 is 2.76 bits per heavy atom. The summed E-state index contributed by atoms with van der Waals surface area (Å²) in [6.07, 6.45) is 3.04. The molecular weight excluding hydrogens is 268 g/mol. The van der Waals surface area contributed by atoms with Crippen LogP contribution in [0.3, 0.4) is 0 Å². The Bertz CT molecular complexity index is 315. The molecule has 1 N–H and O–H groups in total. The fourth-order valence-electron chi connectivity index (χ4n) is 2.49. The zero-order valence-electron chi connectivity index (χ0n) is 14.3. The van der Waals surface area contributed by atoms with E-state index in [9.17, 15) is 4.79 Å². The standard InChI is InChI=1S/C16H32N2O3/c1-13(8-11-20-5)17-9-6-14-7-10-18(12-14)15(19)21-16(2,3)4/h13-14,17H,6-12H2,1-5H3. The Labute approximate surface area is 129 Å². The zero-order chi connectivity index (χ0) is 15.9. The van der Waals surface area contributed by atoms with Gasteiger partial charge in [-0.05, 0) is 59.4 Å². The molecule has 1 aliphatic rings. The molecule has 5 nitrogen and oxygen atoms in total. The first-order valence-electron chi connectivity index (χ1n) is 8.02. The molecule has 0 saturated carbocycles. The van der Waals surface area contributed by atoms with Crippen molar-refractivity contribution in [2.45, 2.75) is 58.6 Å². The number of carbonyl (C=O) groups is 1. The van der Waals surface area contributed by atoms with E-state index < -0.39 is 5.60 Å². The molecule has 2 unspecified atom stereocenters. The van der Waals surface area contributed by atoms with Gasteiger partial charge in [-0.15, -0.1) is 0 Å². The van der Waals surface area contributed by atoms with Gasteiger partial charge in [0.2, 0.25) is 0 Å². The van der Waals surface area contributed by atoms with E-state index in [2.05, 4.69) is 12.2 Å². The van der Waals surface area contributed by atoms with Crippen LogP contribution < -0.4 is 5.32 Å². The number of hydrogen-bond donors (Lipinski definition) is 1. The van der Waals surface area contributed by atoms with Crippen molar-refractivity contribution in [3.8, 4) is 0 Å². The smallest absolute Gasteiger partial charge is 0.410 e. The highest BCUT2D eigenvalue weighted by atomic mass is 16.6. The summed E-state index contributed by atoms with van der Waals surface area (Å²) >= 11 is 0. The summed E-state index contributed by atoms with van der Waals surface area (Å²) in [5.41, 5.74) is -0.409. The Hall–Kier alpha value is -0.810. The zero-order valence-corrected chi connectivity index (χ0v) is 14.3. The third-order valence-corrected chi connectivity index (χ3v) is 3.74. The first-order chi connectivity index (χ1) is 9.81. The maximum Gasteiger partial charge on any atom is 0.410 e. The largest absolute Gasteiger partial charge is 0.444 e. The van der Waals surface area contributed by atoms with Crippen molar-refractivity contribution in [2.75, 3.05) is 33.4 Å². The molecule has 1 saturated heterocycles. The molecule has 1 amide bonds. The van der Waals surface area contributed by atoms with Crippen LogP contribution in [-0.2, 0) is 9.47 Å². The number of hydrogen-bond acceptors (Lipinski definition) is 4. The molecule has 0 aromatic rings. The van der Waals surface area contributed by atoms with Gasteiger partial charge in [0.1, 0.15) is 5.60 Å². The van der Waals surface area contributed by atoms with Crippen LogP contribution in [0.2, 0.25) is 0 Å². The highest BCUT2D eigenvalue weighted by molar-refractivity contribution is 5.68. The minimum absolute atomic E-state index is 0.175. The van der Waals surface area contributed by atoms with Gasteiger partial charge in [-0.25, -0.2) is 4.79 Å². The molecule has 0 radical (unpaired) electrons. The average Bonchev–Trinajstić information content (AvgIpc) is 2.83. The van der Waals surface area contributed by atoms with Crippen molar-refractivity contribution in [2.24, 2.45) is 5.92 Å². The van der Waals surface area contributed by atoms with E-state index in [0.717, 1.165) is 45.5 Å². The summed E-state index contributed by atoms with van der Waals surface area (Å²) in [6.45, 7) is 11.3. The van der Waals surface area contributed by atoms with Crippen LogP contribution in [0.4, 0.5) is 4.79 Å². The quantitative estimate of drug-likeness (QED) is 0.785. The van der Waals surface area contributed by atoms with Crippen LogP contribution >= 0.6 is 0 Å². The molecule has 21 heavy (non-hydrogen) atoms. The highest BCUT2D eigenvalue weighted by Gasteiger charge is 2.29. The summed E-state index contributed by atoms with van der Waals surface area (Å²) < 4.78 is 10.5. The van der Waals surface area contributed by atoms with Crippen LogP contribution in [0.5, 0.6) is 0 Å². The van der Waals surface area contributed by atoms with Crippen LogP contribution in [-0.4, -0.2) is 56.0 Å². The Morgan fingerprint density at radius 2 is 2.14 bits per heavy atom. The molecule has 1 rings (SSSR count). The summed E-state index contributed by atoms with van der Waals surface area (Å²) in [4.78, 5) is 13.8. The van der Waals surface area contributed by atoms with Gasteiger partial charge in [-0.3, -0.25) is 0 Å². The van der Waals surface area contributed by atoms with Gasteiger partial charge < -0.3 is 19.7 Å². The maximum atomic E-state index is 12.0. The van der Waals surface area contributed by atoms with Crippen LogP contribution in [0.25, 0.3) is 0 Å². The first-order valence-corrected chi connectivity index (χ1v) is 8.02.